The van der Waals surface area contributed by atoms with Crippen LogP contribution in [0.3, 0.4) is 0 Å². The van der Waals surface area contributed by atoms with E-state index in [-0.39, 0.29) is 0 Å². The maximum absolute atomic E-state index is 5.48. The lowest BCUT2D eigenvalue weighted by Gasteiger charge is -2.22. The van der Waals surface area contributed by atoms with Crippen molar-refractivity contribution in [1.29, 1.82) is 0 Å². The first-order valence-corrected chi connectivity index (χ1v) is 6.22. The van der Waals surface area contributed by atoms with Crippen LogP contribution in [0.2, 0.25) is 0 Å². The Bertz CT molecular complexity index is 505. The lowest BCUT2D eigenvalue weighted by molar-refractivity contribution is 0.0558. The summed E-state index contributed by atoms with van der Waals surface area (Å²) in [4.78, 5) is 0. The van der Waals surface area contributed by atoms with Crippen molar-refractivity contribution in [1.82, 2.24) is 15.0 Å². The summed E-state index contributed by atoms with van der Waals surface area (Å²) in [5.74, 6) is 0. The van der Waals surface area contributed by atoms with Crippen LogP contribution in [0.15, 0.2) is 22.7 Å². The van der Waals surface area contributed by atoms with Gasteiger partial charge in [0.25, 0.3) is 0 Å². The fourth-order valence-electron chi connectivity index (χ4n) is 2.10. The van der Waals surface area contributed by atoms with E-state index in [0.717, 1.165) is 41.6 Å². The summed E-state index contributed by atoms with van der Waals surface area (Å²) in [6.45, 7) is 1.61. The van der Waals surface area contributed by atoms with Crippen LogP contribution in [-0.4, -0.2) is 28.2 Å². The molecule has 0 amide bonds. The highest BCUT2D eigenvalue weighted by molar-refractivity contribution is 9.10. The Kier molecular flexibility index (Phi) is 2.65. The maximum atomic E-state index is 5.48. The molecule has 2 heterocycles. The van der Waals surface area contributed by atoms with Crippen LogP contribution in [0.5, 0.6) is 0 Å². The van der Waals surface area contributed by atoms with Crippen LogP contribution in [0.25, 0.3) is 11.0 Å². The number of hydrogen-bond donors (Lipinski definition) is 0. The molecule has 84 valence electrons. The summed E-state index contributed by atoms with van der Waals surface area (Å²) >= 11 is 3.48. The van der Waals surface area contributed by atoms with Crippen molar-refractivity contribution >= 4 is 27.0 Å². The molecule has 5 heteroatoms. The van der Waals surface area contributed by atoms with Gasteiger partial charge in [-0.3, -0.25) is 0 Å². The first kappa shape index (κ1) is 10.2. The van der Waals surface area contributed by atoms with Crippen LogP contribution in [-0.2, 0) is 4.74 Å². The van der Waals surface area contributed by atoms with E-state index in [9.17, 15) is 0 Å². The van der Waals surface area contributed by atoms with E-state index in [2.05, 4.69) is 32.3 Å². The van der Waals surface area contributed by atoms with Gasteiger partial charge in [0.15, 0.2) is 0 Å². The average molecular weight is 282 g/mol. The standard InChI is InChI=1S/C11H12BrN3O/c12-8-3-4-10-11(6-8)15(14-13-10)9-2-1-5-16-7-9/h3-4,6,9H,1-2,5,7H2. The van der Waals surface area contributed by atoms with Gasteiger partial charge < -0.3 is 4.74 Å². The van der Waals surface area contributed by atoms with Crippen LogP contribution in [0, 0.1) is 0 Å². The summed E-state index contributed by atoms with van der Waals surface area (Å²) in [7, 11) is 0. The second-order valence-electron chi connectivity index (χ2n) is 4.04. The average Bonchev–Trinajstić information content (AvgIpc) is 2.73. The molecule has 1 aromatic heterocycles. The van der Waals surface area contributed by atoms with Crippen LogP contribution in [0.1, 0.15) is 18.9 Å². The van der Waals surface area contributed by atoms with E-state index in [1.807, 2.05) is 16.8 Å². The third-order valence-corrected chi connectivity index (χ3v) is 3.41. The molecule has 0 radical (unpaired) electrons. The Morgan fingerprint density at radius 2 is 2.38 bits per heavy atom. The van der Waals surface area contributed by atoms with E-state index in [1.54, 1.807) is 0 Å². The number of hydrogen-bond acceptors (Lipinski definition) is 3. The van der Waals surface area contributed by atoms with Gasteiger partial charge in [-0.05, 0) is 31.0 Å². The van der Waals surface area contributed by atoms with Gasteiger partial charge >= 0.3 is 0 Å². The van der Waals surface area contributed by atoms with Crippen molar-refractivity contribution in [2.75, 3.05) is 13.2 Å². The highest BCUT2D eigenvalue weighted by atomic mass is 79.9. The molecule has 1 fully saturated rings. The van der Waals surface area contributed by atoms with Crippen LogP contribution < -0.4 is 0 Å². The van der Waals surface area contributed by atoms with E-state index in [0.29, 0.717) is 6.04 Å². The Morgan fingerprint density at radius 3 is 3.19 bits per heavy atom. The number of fused-ring (bicyclic) bond motifs is 1. The molecule has 0 aliphatic carbocycles. The van der Waals surface area contributed by atoms with Crippen LogP contribution >= 0.6 is 15.9 Å². The van der Waals surface area contributed by atoms with Crippen molar-refractivity contribution in [3.63, 3.8) is 0 Å². The molecule has 0 spiro atoms. The summed E-state index contributed by atoms with van der Waals surface area (Å²) in [6, 6.07) is 6.35. The Morgan fingerprint density at radius 1 is 1.44 bits per heavy atom. The van der Waals surface area contributed by atoms with Crippen molar-refractivity contribution < 1.29 is 4.74 Å². The summed E-state index contributed by atoms with van der Waals surface area (Å²) in [5, 5.41) is 8.40. The van der Waals surface area contributed by atoms with Gasteiger partial charge in [0.1, 0.15) is 5.52 Å². The number of benzene rings is 1. The number of nitrogens with zero attached hydrogens (tertiary/aromatic N) is 3. The largest absolute Gasteiger partial charge is 0.379 e. The lowest BCUT2D eigenvalue weighted by Crippen LogP contribution is -2.22. The van der Waals surface area contributed by atoms with E-state index in [1.165, 1.54) is 0 Å². The molecule has 16 heavy (non-hydrogen) atoms. The predicted molar refractivity (Wildman–Crippen MR) is 64.3 cm³/mol. The number of ether oxygens (including phenoxy) is 1. The molecule has 1 aromatic carbocycles. The Balaban J connectivity index is 2.05. The molecule has 4 nitrogen and oxygen atoms in total. The van der Waals surface area contributed by atoms with Gasteiger partial charge in [0.2, 0.25) is 0 Å². The highest BCUT2D eigenvalue weighted by Gasteiger charge is 2.19. The SMILES string of the molecule is Brc1ccc2nnn(C3CCCOC3)c2c1. The summed E-state index contributed by atoms with van der Waals surface area (Å²) < 4.78 is 8.53. The zero-order chi connectivity index (χ0) is 11.0. The van der Waals surface area contributed by atoms with Crippen molar-refractivity contribution in [2.45, 2.75) is 18.9 Å². The third kappa shape index (κ3) is 1.74. The Labute approximate surface area is 102 Å². The second-order valence-corrected chi connectivity index (χ2v) is 4.95. The van der Waals surface area contributed by atoms with Crippen molar-refractivity contribution in [3.05, 3.63) is 22.7 Å². The van der Waals surface area contributed by atoms with E-state index in [4.69, 9.17) is 4.74 Å². The highest BCUT2D eigenvalue weighted by Crippen LogP contribution is 2.24. The van der Waals surface area contributed by atoms with E-state index < -0.39 is 0 Å². The normalized spacial score (nSPS) is 21.4. The molecule has 1 atom stereocenters. The molecular weight excluding hydrogens is 270 g/mol. The number of aromatic nitrogens is 3. The molecule has 3 rings (SSSR count). The molecule has 2 aromatic rings. The minimum atomic E-state index is 0.327. The zero-order valence-electron chi connectivity index (χ0n) is 8.77. The first-order valence-electron chi connectivity index (χ1n) is 5.43. The predicted octanol–water partition coefficient (Wildman–Crippen LogP) is 2.55. The smallest absolute Gasteiger partial charge is 0.113 e. The minimum absolute atomic E-state index is 0.327. The topological polar surface area (TPSA) is 39.9 Å². The fourth-order valence-corrected chi connectivity index (χ4v) is 2.44. The lowest BCUT2D eigenvalue weighted by atomic mass is 10.1. The monoisotopic (exact) mass is 281 g/mol. The van der Waals surface area contributed by atoms with Gasteiger partial charge in [-0.2, -0.15) is 0 Å². The molecule has 1 aliphatic heterocycles. The molecule has 1 aliphatic rings. The van der Waals surface area contributed by atoms with Gasteiger partial charge in [0, 0.05) is 11.1 Å². The van der Waals surface area contributed by atoms with Crippen LogP contribution in [0.4, 0.5) is 0 Å². The van der Waals surface area contributed by atoms with Crippen molar-refractivity contribution in [3.8, 4) is 0 Å². The van der Waals surface area contributed by atoms with Gasteiger partial charge in [-0.15, -0.1) is 5.10 Å². The molecule has 1 unspecified atom stereocenters. The fraction of sp³-hybridized carbons (Fsp3) is 0.455. The molecule has 0 N–H and O–H groups in total. The molecular formula is C11H12BrN3O. The van der Waals surface area contributed by atoms with Gasteiger partial charge in [0.05, 0.1) is 18.2 Å². The zero-order valence-corrected chi connectivity index (χ0v) is 10.4. The Hall–Kier alpha value is -0.940. The third-order valence-electron chi connectivity index (χ3n) is 2.92. The quantitative estimate of drug-likeness (QED) is 0.807. The molecule has 0 bridgehead atoms. The van der Waals surface area contributed by atoms with Gasteiger partial charge in [-0.25, -0.2) is 4.68 Å². The summed E-state index contributed by atoms with van der Waals surface area (Å²) in [6.07, 6.45) is 2.21. The van der Waals surface area contributed by atoms with Gasteiger partial charge in [-0.1, -0.05) is 21.1 Å². The molecule has 0 saturated carbocycles. The van der Waals surface area contributed by atoms with Crippen molar-refractivity contribution in [2.24, 2.45) is 0 Å². The number of rotatable bonds is 1. The maximum Gasteiger partial charge on any atom is 0.113 e. The minimum Gasteiger partial charge on any atom is -0.379 e. The summed E-state index contributed by atoms with van der Waals surface area (Å²) in [5.41, 5.74) is 2.01. The molecule has 1 saturated heterocycles. The second kappa shape index (κ2) is 4.14. The van der Waals surface area contributed by atoms with E-state index >= 15 is 0 Å². The first-order chi connectivity index (χ1) is 7.84. The number of halogens is 1.